The van der Waals surface area contributed by atoms with Crippen LogP contribution in [0.5, 0.6) is 0 Å². The first kappa shape index (κ1) is 20.2. The number of hydrogen-bond donors (Lipinski definition) is 1. The van der Waals surface area contributed by atoms with Crippen LogP contribution in [0.1, 0.15) is 11.3 Å². The topological polar surface area (TPSA) is 37.8 Å². The van der Waals surface area contributed by atoms with Crippen molar-refractivity contribution < 1.29 is 17.6 Å². The Hall–Kier alpha value is -3.13. The molecule has 2 aromatic carbocycles. The molecular weight excluding hydrogens is 414 g/mol. The van der Waals surface area contributed by atoms with E-state index in [9.17, 15) is 17.6 Å². The van der Waals surface area contributed by atoms with Gasteiger partial charge in [-0.05, 0) is 55.0 Å². The molecule has 2 heterocycles. The highest BCUT2D eigenvalue weighted by atomic mass is 32.2. The van der Waals surface area contributed by atoms with Crippen LogP contribution >= 0.6 is 11.8 Å². The van der Waals surface area contributed by atoms with Gasteiger partial charge in [-0.25, -0.2) is 14.4 Å². The number of benzene rings is 2. The van der Waals surface area contributed by atoms with Gasteiger partial charge in [0.05, 0.1) is 11.4 Å². The van der Waals surface area contributed by atoms with Crippen LogP contribution in [0.4, 0.5) is 28.9 Å². The first-order chi connectivity index (χ1) is 14.3. The molecule has 0 saturated carbocycles. The fourth-order valence-electron chi connectivity index (χ4n) is 2.92. The van der Waals surface area contributed by atoms with Crippen LogP contribution in [0.15, 0.2) is 76.7 Å². The SMILES string of the molecule is Cc1ccc(Sc2ccccc2F)c(Nc2ccnc3nc(C(F)(F)F)ccc23)c1. The first-order valence-corrected chi connectivity index (χ1v) is 9.76. The van der Waals surface area contributed by atoms with Crippen molar-refractivity contribution >= 4 is 34.2 Å². The van der Waals surface area contributed by atoms with Crippen molar-refractivity contribution in [1.82, 2.24) is 9.97 Å². The minimum Gasteiger partial charge on any atom is -0.354 e. The number of nitrogens with one attached hydrogen (secondary N) is 1. The second-order valence-electron chi connectivity index (χ2n) is 6.58. The van der Waals surface area contributed by atoms with E-state index >= 15 is 0 Å². The number of aromatic nitrogens is 2. The first-order valence-electron chi connectivity index (χ1n) is 8.94. The third-order valence-corrected chi connectivity index (χ3v) is 5.48. The number of nitrogens with zero attached hydrogens (tertiary/aromatic N) is 2. The molecule has 30 heavy (non-hydrogen) atoms. The van der Waals surface area contributed by atoms with Crippen molar-refractivity contribution in [3.05, 3.63) is 83.9 Å². The van der Waals surface area contributed by atoms with Gasteiger partial charge in [-0.15, -0.1) is 0 Å². The number of aryl methyl sites for hydroxylation is 1. The molecule has 0 fully saturated rings. The number of anilines is 2. The predicted octanol–water partition coefficient (Wildman–Crippen LogP) is 6.99. The molecule has 0 spiro atoms. The molecule has 0 radical (unpaired) electrons. The van der Waals surface area contributed by atoms with Gasteiger partial charge < -0.3 is 5.32 Å². The van der Waals surface area contributed by atoms with Crippen molar-refractivity contribution in [3.8, 4) is 0 Å². The average Bonchev–Trinajstić information content (AvgIpc) is 2.71. The molecule has 2 aromatic heterocycles. The van der Waals surface area contributed by atoms with E-state index in [4.69, 9.17) is 0 Å². The van der Waals surface area contributed by atoms with E-state index in [2.05, 4.69) is 15.3 Å². The van der Waals surface area contributed by atoms with Crippen LogP contribution in [0, 0.1) is 12.7 Å². The summed E-state index contributed by atoms with van der Waals surface area (Å²) in [5.41, 5.74) is 1.24. The van der Waals surface area contributed by atoms with Crippen LogP contribution in [0.2, 0.25) is 0 Å². The summed E-state index contributed by atoms with van der Waals surface area (Å²) in [6.07, 6.45) is -3.14. The second-order valence-corrected chi connectivity index (χ2v) is 7.66. The molecule has 0 aliphatic rings. The molecule has 0 saturated heterocycles. The molecule has 152 valence electrons. The summed E-state index contributed by atoms with van der Waals surface area (Å²) in [4.78, 5) is 8.85. The van der Waals surface area contributed by atoms with Gasteiger partial charge in [0, 0.05) is 21.4 Å². The largest absolute Gasteiger partial charge is 0.433 e. The zero-order chi connectivity index (χ0) is 21.3. The molecule has 0 unspecified atom stereocenters. The van der Waals surface area contributed by atoms with Gasteiger partial charge in [0.2, 0.25) is 0 Å². The molecule has 1 N–H and O–H groups in total. The lowest BCUT2D eigenvalue weighted by Gasteiger charge is -2.15. The lowest BCUT2D eigenvalue weighted by molar-refractivity contribution is -0.141. The van der Waals surface area contributed by atoms with Gasteiger partial charge in [-0.2, -0.15) is 13.2 Å². The minimum absolute atomic E-state index is 0.00853. The highest BCUT2D eigenvalue weighted by molar-refractivity contribution is 7.99. The van der Waals surface area contributed by atoms with E-state index < -0.39 is 11.9 Å². The minimum atomic E-state index is -4.54. The number of rotatable bonds is 4. The summed E-state index contributed by atoms with van der Waals surface area (Å²) in [5.74, 6) is -0.327. The molecule has 8 heteroatoms. The Morgan fingerprint density at radius 1 is 0.900 bits per heavy atom. The standard InChI is InChI=1S/C22H15F4N3S/c1-13-6-8-19(30-18-5-3-2-4-15(18)23)17(12-13)28-16-10-11-27-21-14(16)7-9-20(29-21)22(24,25)26/h2-12H,1H3,(H,27,28,29). The lowest BCUT2D eigenvalue weighted by atomic mass is 10.2. The van der Waals surface area contributed by atoms with E-state index in [1.54, 1.807) is 24.3 Å². The van der Waals surface area contributed by atoms with Crippen LogP contribution < -0.4 is 5.32 Å². The second kappa shape index (κ2) is 7.95. The number of halogens is 4. The number of hydrogen-bond acceptors (Lipinski definition) is 4. The Balaban J connectivity index is 1.73. The normalized spacial score (nSPS) is 11.6. The van der Waals surface area contributed by atoms with Crippen molar-refractivity contribution in [3.63, 3.8) is 0 Å². The number of fused-ring (bicyclic) bond motifs is 1. The van der Waals surface area contributed by atoms with E-state index in [1.807, 2.05) is 25.1 Å². The lowest BCUT2D eigenvalue weighted by Crippen LogP contribution is -2.08. The Bertz CT molecular complexity index is 1220. The summed E-state index contributed by atoms with van der Waals surface area (Å²) >= 11 is 1.26. The molecule has 0 bridgehead atoms. The van der Waals surface area contributed by atoms with Gasteiger partial charge in [0.25, 0.3) is 0 Å². The Morgan fingerprint density at radius 2 is 1.70 bits per heavy atom. The fraction of sp³-hybridized carbons (Fsp3) is 0.0909. The number of pyridine rings is 2. The Kier molecular flexibility index (Phi) is 5.34. The van der Waals surface area contributed by atoms with Crippen molar-refractivity contribution in [1.29, 1.82) is 0 Å². The zero-order valence-corrected chi connectivity index (χ0v) is 16.5. The Morgan fingerprint density at radius 3 is 2.47 bits per heavy atom. The van der Waals surface area contributed by atoms with Gasteiger partial charge in [-0.3, -0.25) is 0 Å². The van der Waals surface area contributed by atoms with Crippen LogP contribution in [-0.2, 0) is 6.18 Å². The fourth-order valence-corrected chi connectivity index (χ4v) is 3.82. The third-order valence-electron chi connectivity index (χ3n) is 4.35. The molecule has 4 aromatic rings. The third kappa shape index (κ3) is 4.23. The summed E-state index contributed by atoms with van der Waals surface area (Å²) in [7, 11) is 0. The smallest absolute Gasteiger partial charge is 0.354 e. The van der Waals surface area contributed by atoms with E-state index in [0.29, 0.717) is 21.7 Å². The Labute approximate surface area is 174 Å². The molecule has 4 rings (SSSR count). The van der Waals surface area contributed by atoms with Crippen LogP contribution in [0.3, 0.4) is 0 Å². The van der Waals surface area contributed by atoms with E-state index in [0.717, 1.165) is 16.5 Å². The summed E-state index contributed by atoms with van der Waals surface area (Å²) in [6.45, 7) is 1.92. The van der Waals surface area contributed by atoms with Gasteiger partial charge in [0.15, 0.2) is 5.65 Å². The van der Waals surface area contributed by atoms with Gasteiger partial charge in [-0.1, -0.05) is 30.0 Å². The monoisotopic (exact) mass is 429 g/mol. The molecule has 0 aliphatic carbocycles. The quantitative estimate of drug-likeness (QED) is 0.355. The molecule has 0 amide bonds. The maximum absolute atomic E-state index is 14.1. The van der Waals surface area contributed by atoms with Gasteiger partial charge >= 0.3 is 6.18 Å². The van der Waals surface area contributed by atoms with Crippen molar-refractivity contribution in [2.24, 2.45) is 0 Å². The maximum atomic E-state index is 14.1. The van der Waals surface area contributed by atoms with Gasteiger partial charge in [0.1, 0.15) is 11.5 Å². The van der Waals surface area contributed by atoms with E-state index in [-0.39, 0.29) is 11.5 Å². The predicted molar refractivity (Wildman–Crippen MR) is 110 cm³/mol. The van der Waals surface area contributed by atoms with Crippen molar-refractivity contribution in [2.45, 2.75) is 22.9 Å². The number of alkyl halides is 3. The molecule has 0 aliphatic heterocycles. The molecule has 0 atom stereocenters. The molecular formula is C22H15F4N3S. The average molecular weight is 429 g/mol. The van der Waals surface area contributed by atoms with Crippen LogP contribution in [0.25, 0.3) is 11.0 Å². The summed E-state index contributed by atoms with van der Waals surface area (Å²) < 4.78 is 53.0. The maximum Gasteiger partial charge on any atom is 0.433 e. The van der Waals surface area contributed by atoms with Crippen LogP contribution in [-0.4, -0.2) is 9.97 Å². The summed E-state index contributed by atoms with van der Waals surface area (Å²) in [5, 5.41) is 3.70. The highest BCUT2D eigenvalue weighted by Gasteiger charge is 2.32. The highest BCUT2D eigenvalue weighted by Crippen LogP contribution is 2.38. The summed E-state index contributed by atoms with van der Waals surface area (Å²) in [6, 6.07) is 16.1. The molecule has 3 nitrogen and oxygen atoms in total. The van der Waals surface area contributed by atoms with Crippen molar-refractivity contribution in [2.75, 3.05) is 5.32 Å². The van der Waals surface area contributed by atoms with E-state index in [1.165, 1.54) is 30.1 Å². The zero-order valence-electron chi connectivity index (χ0n) is 15.7.